The molecule has 3 N–H and O–H groups in total. The lowest BCUT2D eigenvalue weighted by atomic mass is 10.1. The fourth-order valence-electron chi connectivity index (χ4n) is 2.05. The molecule has 0 bridgehead atoms. The first-order valence-electron chi connectivity index (χ1n) is 7.52. The lowest BCUT2D eigenvalue weighted by Crippen LogP contribution is -2.35. The van der Waals surface area contributed by atoms with Crippen LogP contribution in [0.4, 0.5) is 5.69 Å². The van der Waals surface area contributed by atoms with Crippen LogP contribution in [0.1, 0.15) is 25.3 Å². The molecule has 4 nitrogen and oxygen atoms in total. The molecule has 0 heterocycles. The van der Waals surface area contributed by atoms with E-state index in [2.05, 4.69) is 5.32 Å². The van der Waals surface area contributed by atoms with Crippen molar-refractivity contribution in [2.45, 2.75) is 32.4 Å². The molecule has 0 aliphatic carbocycles. The summed E-state index contributed by atoms with van der Waals surface area (Å²) in [7, 11) is 0. The third kappa shape index (κ3) is 4.90. The molecule has 0 spiro atoms. The summed E-state index contributed by atoms with van der Waals surface area (Å²) in [5.74, 6) is 0.611. The zero-order valence-electron chi connectivity index (χ0n) is 12.8. The lowest BCUT2D eigenvalue weighted by molar-refractivity contribution is -0.117. The van der Waals surface area contributed by atoms with Gasteiger partial charge in [0.25, 0.3) is 0 Å². The van der Waals surface area contributed by atoms with Crippen molar-refractivity contribution >= 4 is 11.6 Å². The van der Waals surface area contributed by atoms with Gasteiger partial charge in [0.2, 0.25) is 5.91 Å². The molecule has 0 radical (unpaired) electrons. The fraction of sp³-hybridized carbons (Fsp3) is 0.278. The molecule has 0 saturated carbocycles. The highest BCUT2D eigenvalue weighted by atomic mass is 16.5. The number of benzene rings is 2. The number of nitrogens with one attached hydrogen (secondary N) is 1. The Balaban J connectivity index is 1.86. The van der Waals surface area contributed by atoms with Gasteiger partial charge in [-0.2, -0.15) is 0 Å². The van der Waals surface area contributed by atoms with Gasteiger partial charge in [0, 0.05) is 5.69 Å². The fourth-order valence-corrected chi connectivity index (χ4v) is 2.05. The monoisotopic (exact) mass is 298 g/mol. The smallest absolute Gasteiger partial charge is 0.241 e. The largest absolute Gasteiger partial charge is 0.489 e. The van der Waals surface area contributed by atoms with E-state index in [-0.39, 0.29) is 5.91 Å². The van der Waals surface area contributed by atoms with Crippen molar-refractivity contribution in [3.05, 3.63) is 60.2 Å². The molecule has 0 aliphatic heterocycles. The van der Waals surface area contributed by atoms with Gasteiger partial charge in [-0.05, 0) is 36.2 Å². The Labute approximate surface area is 131 Å². The van der Waals surface area contributed by atoms with Gasteiger partial charge in [-0.3, -0.25) is 4.79 Å². The molecule has 2 aromatic carbocycles. The van der Waals surface area contributed by atoms with Crippen LogP contribution >= 0.6 is 0 Å². The predicted molar refractivity (Wildman–Crippen MR) is 88.7 cm³/mol. The van der Waals surface area contributed by atoms with Crippen LogP contribution in [0.25, 0.3) is 0 Å². The van der Waals surface area contributed by atoms with Crippen molar-refractivity contribution in [2.24, 2.45) is 5.73 Å². The van der Waals surface area contributed by atoms with Crippen molar-refractivity contribution in [2.75, 3.05) is 5.32 Å². The zero-order valence-corrected chi connectivity index (χ0v) is 12.8. The number of carbonyl (C=O) groups excluding carboxylic acids is 1. The number of hydrogen-bond donors (Lipinski definition) is 2. The molecule has 116 valence electrons. The van der Waals surface area contributed by atoms with E-state index in [0.717, 1.165) is 23.4 Å². The number of nitrogens with two attached hydrogens (primary N) is 1. The first kappa shape index (κ1) is 16.0. The molecule has 22 heavy (non-hydrogen) atoms. The lowest BCUT2D eigenvalue weighted by Gasteiger charge is -2.12. The molecule has 0 fully saturated rings. The van der Waals surface area contributed by atoms with Gasteiger partial charge in [0.1, 0.15) is 12.4 Å². The van der Waals surface area contributed by atoms with Crippen LogP contribution in [0.5, 0.6) is 5.75 Å². The Morgan fingerprint density at radius 3 is 2.45 bits per heavy atom. The summed E-state index contributed by atoms with van der Waals surface area (Å²) < 4.78 is 5.70. The van der Waals surface area contributed by atoms with Crippen LogP contribution in [0, 0.1) is 0 Å². The van der Waals surface area contributed by atoms with Crippen LogP contribution in [0.3, 0.4) is 0 Å². The predicted octanol–water partition coefficient (Wildman–Crippen LogP) is 3.33. The summed E-state index contributed by atoms with van der Waals surface area (Å²) in [6.45, 7) is 2.53. The van der Waals surface area contributed by atoms with Gasteiger partial charge in [-0.15, -0.1) is 0 Å². The summed E-state index contributed by atoms with van der Waals surface area (Å²) in [5, 5.41) is 2.81. The van der Waals surface area contributed by atoms with E-state index in [1.165, 1.54) is 0 Å². The summed E-state index contributed by atoms with van der Waals surface area (Å²) >= 11 is 0. The molecule has 4 heteroatoms. The molecule has 2 rings (SSSR count). The second-order valence-electron chi connectivity index (χ2n) is 5.18. The molecule has 0 aromatic heterocycles. The van der Waals surface area contributed by atoms with Crippen molar-refractivity contribution < 1.29 is 9.53 Å². The second kappa shape index (κ2) is 8.20. The summed E-state index contributed by atoms with van der Waals surface area (Å²) in [6.07, 6.45) is 1.57. The molecule has 2 aromatic rings. The normalized spacial score (nSPS) is 11.7. The first-order chi connectivity index (χ1) is 10.7. The molecule has 0 aliphatic rings. The van der Waals surface area contributed by atoms with E-state index in [1.54, 1.807) is 0 Å². The number of ether oxygens (including phenoxy) is 1. The molecule has 1 unspecified atom stereocenters. The third-order valence-corrected chi connectivity index (χ3v) is 3.31. The van der Waals surface area contributed by atoms with Gasteiger partial charge >= 0.3 is 0 Å². The Hall–Kier alpha value is -2.33. The maximum atomic E-state index is 11.8. The summed E-state index contributed by atoms with van der Waals surface area (Å²) in [4.78, 5) is 11.8. The molecule has 1 atom stereocenters. The van der Waals surface area contributed by atoms with Gasteiger partial charge in [-0.1, -0.05) is 43.7 Å². The quantitative estimate of drug-likeness (QED) is 0.824. The molecular formula is C18H22N2O2. The molecule has 0 saturated heterocycles. The van der Waals surface area contributed by atoms with E-state index in [9.17, 15) is 4.79 Å². The van der Waals surface area contributed by atoms with E-state index in [0.29, 0.717) is 13.0 Å². The molecular weight excluding hydrogens is 276 g/mol. The number of carbonyl (C=O) groups is 1. The summed E-state index contributed by atoms with van der Waals surface area (Å²) in [6, 6.07) is 16.8. The van der Waals surface area contributed by atoms with Gasteiger partial charge in [-0.25, -0.2) is 0 Å². The van der Waals surface area contributed by atoms with E-state index < -0.39 is 6.04 Å². The minimum absolute atomic E-state index is 0.153. The van der Waals surface area contributed by atoms with Crippen LogP contribution in [0.15, 0.2) is 54.6 Å². The highest BCUT2D eigenvalue weighted by molar-refractivity contribution is 5.94. The Morgan fingerprint density at radius 2 is 1.82 bits per heavy atom. The average molecular weight is 298 g/mol. The van der Waals surface area contributed by atoms with E-state index >= 15 is 0 Å². The van der Waals surface area contributed by atoms with Crippen LogP contribution in [-0.2, 0) is 11.4 Å². The standard InChI is InChI=1S/C18H22N2O2/c1-2-6-17(19)18(21)20-15-9-11-16(12-10-15)22-13-14-7-4-3-5-8-14/h3-5,7-12,17H,2,6,13,19H2,1H3,(H,20,21). The number of hydrogen-bond acceptors (Lipinski definition) is 3. The molecule has 1 amide bonds. The van der Waals surface area contributed by atoms with E-state index in [4.69, 9.17) is 10.5 Å². The van der Waals surface area contributed by atoms with E-state index in [1.807, 2.05) is 61.5 Å². The van der Waals surface area contributed by atoms with Crippen molar-refractivity contribution in [1.29, 1.82) is 0 Å². The minimum atomic E-state index is -0.459. The third-order valence-electron chi connectivity index (χ3n) is 3.31. The van der Waals surface area contributed by atoms with Gasteiger partial charge in [0.15, 0.2) is 0 Å². The topological polar surface area (TPSA) is 64.4 Å². The van der Waals surface area contributed by atoms with Crippen LogP contribution in [-0.4, -0.2) is 11.9 Å². The van der Waals surface area contributed by atoms with Crippen molar-refractivity contribution in [3.63, 3.8) is 0 Å². The second-order valence-corrected chi connectivity index (χ2v) is 5.18. The van der Waals surface area contributed by atoms with Crippen molar-refractivity contribution in [1.82, 2.24) is 0 Å². The maximum absolute atomic E-state index is 11.8. The van der Waals surface area contributed by atoms with Gasteiger partial charge in [0.05, 0.1) is 6.04 Å². The minimum Gasteiger partial charge on any atom is -0.489 e. The number of amides is 1. The van der Waals surface area contributed by atoms with Gasteiger partial charge < -0.3 is 15.8 Å². The Bertz CT molecular complexity index is 582. The average Bonchev–Trinajstić information content (AvgIpc) is 2.55. The van der Waals surface area contributed by atoms with Crippen LogP contribution < -0.4 is 15.8 Å². The van der Waals surface area contributed by atoms with Crippen molar-refractivity contribution in [3.8, 4) is 5.75 Å². The first-order valence-corrected chi connectivity index (χ1v) is 7.52. The maximum Gasteiger partial charge on any atom is 0.241 e. The zero-order chi connectivity index (χ0) is 15.8. The Kier molecular flexibility index (Phi) is 5.98. The highest BCUT2D eigenvalue weighted by Crippen LogP contribution is 2.17. The SMILES string of the molecule is CCCC(N)C(=O)Nc1ccc(OCc2ccccc2)cc1. The Morgan fingerprint density at radius 1 is 1.14 bits per heavy atom. The number of anilines is 1. The highest BCUT2D eigenvalue weighted by Gasteiger charge is 2.12. The number of rotatable bonds is 7. The summed E-state index contributed by atoms with van der Waals surface area (Å²) in [5.41, 5.74) is 7.62. The van der Waals surface area contributed by atoms with Crippen LogP contribution in [0.2, 0.25) is 0 Å².